The zero-order chi connectivity index (χ0) is 14.7. The smallest absolute Gasteiger partial charge is 0.0991 e. The molecule has 0 bridgehead atoms. The number of rotatable bonds is 4. The molecule has 0 fully saturated rings. The molecule has 0 N–H and O–H groups in total. The molecule has 0 radical (unpaired) electrons. The fraction of sp³-hybridized carbons (Fsp3) is 0.333. The van der Waals surface area contributed by atoms with Gasteiger partial charge in [-0.3, -0.25) is 4.68 Å². The highest BCUT2D eigenvalue weighted by atomic mass is 79.9. The van der Waals surface area contributed by atoms with Crippen molar-refractivity contribution in [2.45, 2.75) is 26.9 Å². The highest BCUT2D eigenvalue weighted by Crippen LogP contribution is 2.24. The lowest BCUT2D eigenvalue weighted by Crippen LogP contribution is -2.19. The Balaban J connectivity index is 2.23. The largest absolute Gasteiger partial charge is 0.369 e. The number of nitriles is 1. The molecule has 0 saturated heterocycles. The van der Waals surface area contributed by atoms with Gasteiger partial charge in [0.15, 0.2) is 0 Å². The van der Waals surface area contributed by atoms with Gasteiger partial charge in [-0.05, 0) is 54.0 Å². The molecule has 0 aliphatic rings. The Labute approximate surface area is 127 Å². The number of nitrogens with zero attached hydrogens (tertiary/aromatic N) is 4. The maximum Gasteiger partial charge on any atom is 0.0991 e. The summed E-state index contributed by atoms with van der Waals surface area (Å²) in [6, 6.07) is 9.73. The maximum absolute atomic E-state index is 8.83. The van der Waals surface area contributed by atoms with Gasteiger partial charge >= 0.3 is 0 Å². The predicted octanol–water partition coefficient (Wildman–Crippen LogP) is 3.48. The van der Waals surface area contributed by atoms with Crippen molar-refractivity contribution < 1.29 is 0 Å². The molecule has 4 nitrogen and oxygen atoms in total. The number of hydrogen-bond donors (Lipinski definition) is 0. The van der Waals surface area contributed by atoms with Crippen LogP contribution in [0, 0.1) is 18.3 Å². The molecule has 0 aliphatic carbocycles. The minimum absolute atomic E-state index is 0.678. The molecule has 0 amide bonds. The molecule has 0 spiro atoms. The highest BCUT2D eigenvalue weighted by molar-refractivity contribution is 9.10. The summed E-state index contributed by atoms with van der Waals surface area (Å²) in [5.74, 6) is 0. The second kappa shape index (κ2) is 6.10. The molecule has 1 aromatic heterocycles. The summed E-state index contributed by atoms with van der Waals surface area (Å²) in [7, 11) is 2.04. The van der Waals surface area contributed by atoms with Crippen molar-refractivity contribution in [2.24, 2.45) is 0 Å². The Morgan fingerprint density at radius 1 is 1.35 bits per heavy atom. The Bertz CT molecular complexity index is 637. The van der Waals surface area contributed by atoms with Crippen LogP contribution < -0.4 is 4.90 Å². The van der Waals surface area contributed by atoms with Crippen LogP contribution in [0.4, 0.5) is 5.69 Å². The normalized spacial score (nSPS) is 10.3. The van der Waals surface area contributed by atoms with Gasteiger partial charge in [0.25, 0.3) is 0 Å². The quantitative estimate of drug-likeness (QED) is 0.860. The van der Waals surface area contributed by atoms with Crippen LogP contribution in [-0.2, 0) is 13.1 Å². The summed E-state index contributed by atoms with van der Waals surface area (Å²) >= 11 is 3.61. The monoisotopic (exact) mass is 332 g/mol. The first-order valence-corrected chi connectivity index (χ1v) is 7.29. The van der Waals surface area contributed by atoms with Crippen LogP contribution in [0.2, 0.25) is 0 Å². The van der Waals surface area contributed by atoms with Crippen LogP contribution in [0.5, 0.6) is 0 Å². The van der Waals surface area contributed by atoms with Gasteiger partial charge in [-0.15, -0.1) is 0 Å². The Morgan fingerprint density at radius 3 is 2.55 bits per heavy atom. The first-order chi connectivity index (χ1) is 9.56. The van der Waals surface area contributed by atoms with Crippen LogP contribution in [0.15, 0.2) is 28.7 Å². The van der Waals surface area contributed by atoms with Gasteiger partial charge in [0.2, 0.25) is 0 Å². The number of aryl methyl sites for hydroxylation is 2. The van der Waals surface area contributed by atoms with Gasteiger partial charge in [-0.2, -0.15) is 10.4 Å². The van der Waals surface area contributed by atoms with E-state index in [1.165, 1.54) is 0 Å². The van der Waals surface area contributed by atoms with E-state index in [9.17, 15) is 0 Å². The van der Waals surface area contributed by atoms with Crippen molar-refractivity contribution in [1.29, 1.82) is 5.26 Å². The molecule has 0 saturated carbocycles. The van der Waals surface area contributed by atoms with Gasteiger partial charge in [0.05, 0.1) is 34.0 Å². The minimum atomic E-state index is 0.678. The number of aromatic nitrogens is 2. The first kappa shape index (κ1) is 14.6. The molecular weight excluding hydrogens is 316 g/mol. The average Bonchev–Trinajstić information content (AvgIpc) is 2.75. The molecule has 5 heteroatoms. The van der Waals surface area contributed by atoms with Crippen LogP contribution in [-0.4, -0.2) is 16.8 Å². The van der Waals surface area contributed by atoms with Crippen molar-refractivity contribution in [3.8, 4) is 6.07 Å². The average molecular weight is 333 g/mol. The molecular formula is C15H17BrN4. The zero-order valence-electron chi connectivity index (χ0n) is 11.9. The third-order valence-corrected chi connectivity index (χ3v) is 4.31. The van der Waals surface area contributed by atoms with E-state index in [-0.39, 0.29) is 0 Å². The summed E-state index contributed by atoms with van der Waals surface area (Å²) in [5.41, 5.74) is 3.93. The minimum Gasteiger partial charge on any atom is -0.369 e. The lowest BCUT2D eigenvalue weighted by atomic mass is 10.2. The lowest BCUT2D eigenvalue weighted by Gasteiger charge is -2.20. The van der Waals surface area contributed by atoms with Crippen LogP contribution in [0.1, 0.15) is 23.9 Å². The van der Waals surface area contributed by atoms with Crippen LogP contribution in [0.25, 0.3) is 0 Å². The topological polar surface area (TPSA) is 44.9 Å². The van der Waals surface area contributed by atoms with Crippen LogP contribution >= 0.6 is 15.9 Å². The summed E-state index contributed by atoms with van der Waals surface area (Å²) in [4.78, 5) is 2.15. The molecule has 0 atom stereocenters. The summed E-state index contributed by atoms with van der Waals surface area (Å²) in [5, 5.41) is 13.3. The van der Waals surface area contributed by atoms with Crippen LogP contribution in [0.3, 0.4) is 0 Å². The number of anilines is 1. The van der Waals surface area contributed by atoms with Gasteiger partial charge in [0.1, 0.15) is 0 Å². The summed E-state index contributed by atoms with van der Waals surface area (Å²) in [6.45, 7) is 5.70. The fourth-order valence-corrected chi connectivity index (χ4v) is 2.54. The first-order valence-electron chi connectivity index (χ1n) is 6.50. The number of halogens is 1. The lowest BCUT2D eigenvalue weighted by molar-refractivity contribution is 0.612. The Kier molecular flexibility index (Phi) is 4.46. The Morgan fingerprint density at radius 2 is 2.00 bits per heavy atom. The Hall–Kier alpha value is -1.80. The summed E-state index contributed by atoms with van der Waals surface area (Å²) in [6.07, 6.45) is 0. The second-order valence-corrected chi connectivity index (χ2v) is 5.47. The highest BCUT2D eigenvalue weighted by Gasteiger charge is 2.14. The van der Waals surface area contributed by atoms with Gasteiger partial charge in [0, 0.05) is 19.3 Å². The molecule has 104 valence electrons. The molecule has 1 heterocycles. The fourth-order valence-electron chi connectivity index (χ4n) is 2.13. The van der Waals surface area contributed by atoms with Crippen molar-refractivity contribution in [1.82, 2.24) is 9.78 Å². The van der Waals surface area contributed by atoms with E-state index in [1.54, 1.807) is 0 Å². The van der Waals surface area contributed by atoms with Crippen molar-refractivity contribution >= 4 is 21.6 Å². The van der Waals surface area contributed by atoms with Gasteiger partial charge in [-0.25, -0.2) is 0 Å². The second-order valence-electron chi connectivity index (χ2n) is 4.68. The van der Waals surface area contributed by atoms with E-state index < -0.39 is 0 Å². The maximum atomic E-state index is 8.83. The number of hydrogen-bond acceptors (Lipinski definition) is 3. The molecule has 2 rings (SSSR count). The molecule has 0 unspecified atom stereocenters. The third-order valence-electron chi connectivity index (χ3n) is 3.28. The van der Waals surface area contributed by atoms with Crippen molar-refractivity contribution in [3.63, 3.8) is 0 Å². The van der Waals surface area contributed by atoms with E-state index in [1.807, 2.05) is 42.9 Å². The van der Waals surface area contributed by atoms with E-state index in [2.05, 4.69) is 38.9 Å². The third kappa shape index (κ3) is 2.86. The van der Waals surface area contributed by atoms with E-state index in [0.717, 1.165) is 34.6 Å². The zero-order valence-corrected chi connectivity index (χ0v) is 13.5. The molecule has 0 aliphatic heterocycles. The van der Waals surface area contributed by atoms with Gasteiger partial charge < -0.3 is 4.90 Å². The molecule has 20 heavy (non-hydrogen) atoms. The summed E-state index contributed by atoms with van der Waals surface area (Å²) < 4.78 is 3.08. The molecule has 2 aromatic rings. The van der Waals surface area contributed by atoms with Crippen molar-refractivity contribution in [2.75, 3.05) is 11.9 Å². The molecule has 1 aromatic carbocycles. The SMILES string of the molecule is CCn1nc(C)c(Br)c1CN(C)c1ccc(C#N)cc1. The van der Waals surface area contributed by atoms with Crippen molar-refractivity contribution in [3.05, 3.63) is 45.7 Å². The standard InChI is InChI=1S/C15H17BrN4/c1-4-20-14(15(16)11(2)18-20)10-19(3)13-7-5-12(9-17)6-8-13/h5-8H,4,10H2,1-3H3. The van der Waals surface area contributed by atoms with E-state index in [4.69, 9.17) is 5.26 Å². The number of benzene rings is 1. The van der Waals surface area contributed by atoms with Gasteiger partial charge in [-0.1, -0.05) is 0 Å². The van der Waals surface area contributed by atoms with E-state index in [0.29, 0.717) is 5.56 Å². The predicted molar refractivity (Wildman–Crippen MR) is 83.6 cm³/mol. The van der Waals surface area contributed by atoms with E-state index >= 15 is 0 Å².